The zero-order chi connectivity index (χ0) is 22.2. The lowest BCUT2D eigenvalue weighted by atomic mass is 9.86. The number of likely N-dealkylation sites (N-methyl/N-ethyl adjacent to an activating group) is 1. The van der Waals surface area contributed by atoms with Gasteiger partial charge >= 0.3 is 0 Å². The molecule has 1 atom stereocenters. The molecule has 0 bridgehead atoms. The van der Waals surface area contributed by atoms with Gasteiger partial charge in [-0.1, -0.05) is 51.1 Å². The van der Waals surface area contributed by atoms with Crippen molar-refractivity contribution in [1.29, 1.82) is 0 Å². The Labute approximate surface area is 184 Å². The zero-order valence-corrected chi connectivity index (χ0v) is 18.9. The lowest BCUT2D eigenvalue weighted by molar-refractivity contribution is -0.124. The summed E-state index contributed by atoms with van der Waals surface area (Å²) in [7, 11) is 1.59. The van der Waals surface area contributed by atoms with E-state index in [2.05, 4.69) is 20.1 Å². The van der Waals surface area contributed by atoms with Crippen LogP contribution in [0.5, 0.6) is 0 Å². The Balaban J connectivity index is 1.68. The number of carbonyl (C=O) groups excluding carboxylic acids is 2. The number of nitrogens with zero attached hydrogens (tertiary/aromatic N) is 3. The molecular weight excluding hydrogens is 390 g/mol. The number of nitrogens with one attached hydrogen (secondary N) is 2. The van der Waals surface area contributed by atoms with Crippen molar-refractivity contribution < 1.29 is 9.59 Å². The van der Waals surface area contributed by atoms with E-state index < -0.39 is 11.5 Å². The fraction of sp³-hybridized carbons (Fsp3) is 0.542. The van der Waals surface area contributed by atoms with Gasteiger partial charge in [-0.3, -0.25) is 14.5 Å². The van der Waals surface area contributed by atoms with Crippen LogP contribution in [0.2, 0.25) is 0 Å². The van der Waals surface area contributed by atoms with E-state index in [1.54, 1.807) is 7.05 Å². The average molecular weight is 424 g/mol. The van der Waals surface area contributed by atoms with Crippen molar-refractivity contribution in [3.63, 3.8) is 0 Å². The van der Waals surface area contributed by atoms with Gasteiger partial charge in [-0.25, -0.2) is 4.98 Å². The summed E-state index contributed by atoms with van der Waals surface area (Å²) in [6, 6.07) is 9.35. The molecule has 7 nitrogen and oxygen atoms in total. The van der Waals surface area contributed by atoms with E-state index in [1.165, 1.54) is 12.8 Å². The van der Waals surface area contributed by atoms with E-state index in [4.69, 9.17) is 4.98 Å². The van der Waals surface area contributed by atoms with Crippen molar-refractivity contribution in [2.75, 3.05) is 20.1 Å². The van der Waals surface area contributed by atoms with Gasteiger partial charge < -0.3 is 15.2 Å². The maximum Gasteiger partial charge on any atom is 0.272 e. The van der Waals surface area contributed by atoms with E-state index in [0.29, 0.717) is 12.2 Å². The molecule has 4 rings (SSSR count). The molecule has 0 spiro atoms. The smallest absolute Gasteiger partial charge is 0.272 e. The molecule has 7 heteroatoms. The minimum atomic E-state index is -0.645. The summed E-state index contributed by atoms with van der Waals surface area (Å²) >= 11 is 0. The average Bonchev–Trinajstić information content (AvgIpc) is 3.48. The summed E-state index contributed by atoms with van der Waals surface area (Å²) in [5.41, 5.74) is 1.94. The van der Waals surface area contributed by atoms with Crippen LogP contribution in [0.1, 0.15) is 49.8 Å². The third-order valence-corrected chi connectivity index (χ3v) is 6.20. The van der Waals surface area contributed by atoms with Crippen molar-refractivity contribution in [3.8, 4) is 11.4 Å². The third-order valence-electron chi connectivity index (χ3n) is 6.20. The molecule has 1 fully saturated rings. The summed E-state index contributed by atoms with van der Waals surface area (Å²) in [5.74, 6) is 1.12. The van der Waals surface area contributed by atoms with Crippen LogP contribution in [0.15, 0.2) is 30.3 Å². The standard InChI is InChI=1S/C24H33N5O2/c1-24(2,3)20(23(31)25-4)27-22(30)19-18-15-28(14-16-10-11-16)12-13-29(18)21(26-19)17-8-6-5-7-9-17/h5-9,16,20H,10-15H2,1-4H3,(H,25,31)(H,27,30)/t20-/m1/s1. The first-order valence-corrected chi connectivity index (χ1v) is 11.2. The Hall–Kier alpha value is -2.67. The molecule has 2 aromatic rings. The van der Waals surface area contributed by atoms with Crippen molar-refractivity contribution in [1.82, 2.24) is 25.1 Å². The molecule has 2 N–H and O–H groups in total. The highest BCUT2D eigenvalue weighted by Crippen LogP contribution is 2.32. The second kappa shape index (κ2) is 8.46. The molecule has 1 aliphatic carbocycles. The number of fused-ring (bicyclic) bond motifs is 1. The highest BCUT2D eigenvalue weighted by molar-refractivity contribution is 5.97. The minimum Gasteiger partial charge on any atom is -0.357 e. The van der Waals surface area contributed by atoms with Crippen LogP contribution in [0.25, 0.3) is 11.4 Å². The predicted octanol–water partition coefficient (Wildman–Crippen LogP) is 2.67. The van der Waals surface area contributed by atoms with Crippen LogP contribution in [0.3, 0.4) is 0 Å². The van der Waals surface area contributed by atoms with Gasteiger partial charge in [0, 0.05) is 38.8 Å². The number of imidazole rings is 1. The summed E-state index contributed by atoms with van der Waals surface area (Å²) in [4.78, 5) is 33.1. The Morgan fingerprint density at radius 2 is 1.87 bits per heavy atom. The molecule has 1 aromatic heterocycles. The van der Waals surface area contributed by atoms with Crippen LogP contribution >= 0.6 is 0 Å². The summed E-state index contributed by atoms with van der Waals surface area (Å²) in [6.45, 7) is 9.40. The quantitative estimate of drug-likeness (QED) is 0.749. The predicted molar refractivity (Wildman–Crippen MR) is 120 cm³/mol. The van der Waals surface area contributed by atoms with Gasteiger partial charge in [0.05, 0.1) is 5.69 Å². The Morgan fingerprint density at radius 3 is 2.48 bits per heavy atom. The molecular formula is C24H33N5O2. The van der Waals surface area contributed by atoms with Gasteiger partial charge in [0.25, 0.3) is 5.91 Å². The van der Waals surface area contributed by atoms with Crippen molar-refractivity contribution >= 4 is 11.8 Å². The lowest BCUT2D eigenvalue weighted by Gasteiger charge is -2.31. The largest absolute Gasteiger partial charge is 0.357 e. The normalized spacial score (nSPS) is 17.7. The van der Waals surface area contributed by atoms with Crippen LogP contribution in [0.4, 0.5) is 0 Å². The molecule has 1 saturated carbocycles. The highest BCUT2D eigenvalue weighted by atomic mass is 16.2. The fourth-order valence-corrected chi connectivity index (χ4v) is 4.25. The number of aromatic nitrogens is 2. The molecule has 2 amide bonds. The van der Waals surface area contributed by atoms with Gasteiger partial charge in [-0.15, -0.1) is 0 Å². The zero-order valence-electron chi connectivity index (χ0n) is 18.9. The van der Waals surface area contributed by atoms with Crippen molar-refractivity contribution in [2.45, 2.75) is 52.7 Å². The Kier molecular flexibility index (Phi) is 5.88. The number of amides is 2. The summed E-state index contributed by atoms with van der Waals surface area (Å²) in [6.07, 6.45) is 2.61. The topological polar surface area (TPSA) is 79.3 Å². The van der Waals surface area contributed by atoms with E-state index in [-0.39, 0.29) is 11.8 Å². The number of rotatable bonds is 6. The second-order valence-electron chi connectivity index (χ2n) is 9.81. The van der Waals surface area contributed by atoms with E-state index in [9.17, 15) is 9.59 Å². The number of hydrogen-bond acceptors (Lipinski definition) is 4. The van der Waals surface area contributed by atoms with Gasteiger partial charge in [0.1, 0.15) is 11.9 Å². The molecule has 1 aliphatic heterocycles. The highest BCUT2D eigenvalue weighted by Gasteiger charge is 2.35. The number of carbonyl (C=O) groups is 2. The van der Waals surface area contributed by atoms with Crippen LogP contribution < -0.4 is 10.6 Å². The molecule has 0 radical (unpaired) electrons. The summed E-state index contributed by atoms with van der Waals surface area (Å²) in [5, 5.41) is 5.63. The minimum absolute atomic E-state index is 0.201. The van der Waals surface area contributed by atoms with Gasteiger partial charge in [-0.2, -0.15) is 0 Å². The Morgan fingerprint density at radius 1 is 1.16 bits per heavy atom. The first-order valence-electron chi connectivity index (χ1n) is 11.2. The van der Waals surface area contributed by atoms with Crippen LogP contribution in [-0.2, 0) is 17.9 Å². The maximum atomic E-state index is 13.4. The second-order valence-corrected chi connectivity index (χ2v) is 9.81. The lowest BCUT2D eigenvalue weighted by Crippen LogP contribution is -2.53. The van der Waals surface area contributed by atoms with Gasteiger partial charge in [0.15, 0.2) is 5.69 Å². The van der Waals surface area contributed by atoms with E-state index in [0.717, 1.165) is 42.6 Å². The Bertz CT molecular complexity index is 956. The number of hydrogen-bond donors (Lipinski definition) is 2. The summed E-state index contributed by atoms with van der Waals surface area (Å²) < 4.78 is 2.18. The van der Waals surface area contributed by atoms with Gasteiger partial charge in [-0.05, 0) is 24.2 Å². The molecule has 0 saturated heterocycles. The van der Waals surface area contributed by atoms with Crippen LogP contribution in [0, 0.1) is 11.3 Å². The van der Waals surface area contributed by atoms with Crippen molar-refractivity contribution in [2.24, 2.45) is 11.3 Å². The van der Waals surface area contributed by atoms with E-state index >= 15 is 0 Å². The molecule has 166 valence electrons. The SMILES string of the molecule is CNC(=O)[C@@H](NC(=O)c1nc(-c2ccccc2)n2c1CN(CC1CC1)CC2)C(C)(C)C. The third kappa shape index (κ3) is 4.66. The molecule has 31 heavy (non-hydrogen) atoms. The van der Waals surface area contributed by atoms with Gasteiger partial charge in [0.2, 0.25) is 5.91 Å². The maximum absolute atomic E-state index is 13.4. The molecule has 2 heterocycles. The monoisotopic (exact) mass is 423 g/mol. The number of benzene rings is 1. The molecule has 1 aromatic carbocycles. The van der Waals surface area contributed by atoms with Crippen LogP contribution in [-0.4, -0.2) is 52.4 Å². The first kappa shape index (κ1) is 21.6. The fourth-order valence-electron chi connectivity index (χ4n) is 4.25. The first-order chi connectivity index (χ1) is 14.8. The molecule has 2 aliphatic rings. The van der Waals surface area contributed by atoms with Crippen molar-refractivity contribution in [3.05, 3.63) is 41.7 Å². The van der Waals surface area contributed by atoms with E-state index in [1.807, 2.05) is 51.1 Å². The molecule has 0 unspecified atom stereocenters.